The number of anilines is 1. The first kappa shape index (κ1) is 15.8. The van der Waals surface area contributed by atoms with Gasteiger partial charge in [0.2, 0.25) is 0 Å². The first-order chi connectivity index (χ1) is 9.90. The van der Waals surface area contributed by atoms with E-state index in [4.69, 9.17) is 0 Å². The summed E-state index contributed by atoms with van der Waals surface area (Å²) in [6.45, 7) is -0.348. The third-order valence-electron chi connectivity index (χ3n) is 2.81. The Bertz CT molecular complexity index is 622. The van der Waals surface area contributed by atoms with Gasteiger partial charge in [-0.15, -0.1) is 0 Å². The lowest BCUT2D eigenvalue weighted by Crippen LogP contribution is -2.16. The average Bonchev–Trinajstić information content (AvgIpc) is 2.37. The van der Waals surface area contributed by atoms with Crippen LogP contribution in [-0.2, 0) is 0 Å². The van der Waals surface area contributed by atoms with Crippen molar-refractivity contribution in [1.82, 2.24) is 0 Å². The second kappa shape index (κ2) is 6.44. The highest BCUT2D eigenvalue weighted by molar-refractivity contribution is 9.10. The fourth-order valence-corrected chi connectivity index (χ4v) is 2.39. The van der Waals surface area contributed by atoms with E-state index in [2.05, 4.69) is 21.2 Å². The molecule has 1 unspecified atom stereocenters. The van der Waals surface area contributed by atoms with E-state index < -0.39 is 34.9 Å². The number of aliphatic hydroxyl groups is 1. The molecule has 2 aromatic carbocycles. The minimum absolute atomic E-state index is 0.0983. The van der Waals surface area contributed by atoms with Crippen molar-refractivity contribution >= 4 is 21.6 Å². The van der Waals surface area contributed by atoms with Crippen molar-refractivity contribution in [3.63, 3.8) is 0 Å². The summed E-state index contributed by atoms with van der Waals surface area (Å²) >= 11 is 2.96. The summed E-state index contributed by atoms with van der Waals surface area (Å²) in [4.78, 5) is 0. The van der Waals surface area contributed by atoms with Gasteiger partial charge in [-0.2, -0.15) is 0 Å². The van der Waals surface area contributed by atoms with Crippen LogP contribution in [0.5, 0.6) is 0 Å². The van der Waals surface area contributed by atoms with Gasteiger partial charge in [-0.05, 0) is 34.1 Å². The van der Waals surface area contributed by atoms with E-state index >= 15 is 0 Å². The van der Waals surface area contributed by atoms with Crippen LogP contribution in [-0.4, -0.2) is 11.7 Å². The van der Waals surface area contributed by atoms with Crippen molar-refractivity contribution in [3.8, 4) is 0 Å². The first-order valence-electron chi connectivity index (χ1n) is 5.90. The summed E-state index contributed by atoms with van der Waals surface area (Å²) in [5.74, 6) is -3.46. The minimum Gasteiger partial charge on any atom is -0.386 e. The van der Waals surface area contributed by atoms with Crippen LogP contribution in [0, 0.1) is 23.3 Å². The highest BCUT2D eigenvalue weighted by atomic mass is 79.9. The SMILES string of the molecule is OC(CNc1c(F)cc(F)cc1Br)c1c(F)cccc1F. The second-order valence-corrected chi connectivity index (χ2v) is 5.13. The molecule has 0 aliphatic heterocycles. The van der Waals surface area contributed by atoms with Crippen LogP contribution in [0.15, 0.2) is 34.8 Å². The van der Waals surface area contributed by atoms with Gasteiger partial charge >= 0.3 is 0 Å². The molecule has 0 bridgehead atoms. The molecule has 2 nitrogen and oxygen atoms in total. The van der Waals surface area contributed by atoms with Gasteiger partial charge in [0.25, 0.3) is 0 Å². The molecule has 7 heteroatoms. The van der Waals surface area contributed by atoms with Gasteiger partial charge in [-0.3, -0.25) is 0 Å². The predicted octanol–water partition coefficient (Wildman–Crippen LogP) is 4.15. The van der Waals surface area contributed by atoms with Crippen LogP contribution in [0.25, 0.3) is 0 Å². The van der Waals surface area contributed by atoms with Crippen LogP contribution in [0.1, 0.15) is 11.7 Å². The van der Waals surface area contributed by atoms with Gasteiger partial charge in [0.1, 0.15) is 29.4 Å². The maximum atomic E-state index is 13.6. The number of halogens is 5. The number of rotatable bonds is 4. The molecule has 0 amide bonds. The first-order valence-corrected chi connectivity index (χ1v) is 6.70. The van der Waals surface area contributed by atoms with Crippen molar-refractivity contribution in [2.45, 2.75) is 6.10 Å². The molecule has 0 aliphatic rings. The second-order valence-electron chi connectivity index (χ2n) is 4.28. The van der Waals surface area contributed by atoms with Gasteiger partial charge in [-0.1, -0.05) is 6.07 Å². The lowest BCUT2D eigenvalue weighted by molar-refractivity contribution is 0.181. The van der Waals surface area contributed by atoms with Gasteiger partial charge in [0.05, 0.1) is 11.3 Å². The Morgan fingerprint density at radius 2 is 1.67 bits per heavy atom. The topological polar surface area (TPSA) is 32.3 Å². The van der Waals surface area contributed by atoms with E-state index in [0.717, 1.165) is 18.2 Å². The molecule has 1 atom stereocenters. The molecule has 0 aliphatic carbocycles. The summed E-state index contributed by atoms with van der Waals surface area (Å²) in [7, 11) is 0. The maximum Gasteiger partial charge on any atom is 0.150 e. The van der Waals surface area contributed by atoms with Crippen molar-refractivity contribution < 1.29 is 22.7 Å². The molecule has 0 heterocycles. The predicted molar refractivity (Wildman–Crippen MR) is 73.9 cm³/mol. The Balaban J connectivity index is 2.17. The third kappa shape index (κ3) is 3.54. The zero-order valence-electron chi connectivity index (χ0n) is 10.5. The number of hydrogen-bond donors (Lipinski definition) is 2. The molecule has 0 spiro atoms. The van der Waals surface area contributed by atoms with Gasteiger partial charge in [0.15, 0.2) is 0 Å². The summed E-state index contributed by atoms with van der Waals surface area (Å²) in [6.07, 6.45) is -1.53. The zero-order valence-corrected chi connectivity index (χ0v) is 12.1. The smallest absolute Gasteiger partial charge is 0.150 e. The normalized spacial score (nSPS) is 12.3. The molecule has 2 aromatic rings. The van der Waals surface area contributed by atoms with E-state index in [0.29, 0.717) is 6.07 Å². The van der Waals surface area contributed by atoms with Crippen molar-refractivity contribution in [3.05, 3.63) is 63.6 Å². The summed E-state index contributed by atoms with van der Waals surface area (Å²) in [5.41, 5.74) is -0.615. The largest absolute Gasteiger partial charge is 0.386 e. The molecular formula is C14H10BrF4NO. The number of benzene rings is 2. The summed E-state index contributed by atoms with van der Waals surface area (Å²) in [6, 6.07) is 4.88. The minimum atomic E-state index is -1.53. The monoisotopic (exact) mass is 363 g/mol. The van der Waals surface area contributed by atoms with E-state index in [1.807, 2.05) is 0 Å². The van der Waals surface area contributed by atoms with Crippen LogP contribution in [0.3, 0.4) is 0 Å². The lowest BCUT2D eigenvalue weighted by Gasteiger charge is -2.16. The highest BCUT2D eigenvalue weighted by Gasteiger charge is 2.18. The molecule has 0 fully saturated rings. The average molecular weight is 364 g/mol. The Hall–Kier alpha value is -1.60. The molecule has 2 N–H and O–H groups in total. The molecule has 112 valence electrons. The van der Waals surface area contributed by atoms with Crippen LogP contribution < -0.4 is 5.32 Å². The van der Waals surface area contributed by atoms with Crippen molar-refractivity contribution in [1.29, 1.82) is 0 Å². The molecule has 21 heavy (non-hydrogen) atoms. The Morgan fingerprint density at radius 3 is 2.24 bits per heavy atom. The molecular weight excluding hydrogens is 354 g/mol. The molecule has 2 rings (SSSR count). The van der Waals surface area contributed by atoms with Gasteiger partial charge < -0.3 is 10.4 Å². The fraction of sp³-hybridized carbons (Fsp3) is 0.143. The molecule has 0 radical (unpaired) electrons. The van der Waals surface area contributed by atoms with E-state index in [-0.39, 0.29) is 16.7 Å². The zero-order chi connectivity index (χ0) is 15.6. The lowest BCUT2D eigenvalue weighted by atomic mass is 10.1. The highest BCUT2D eigenvalue weighted by Crippen LogP contribution is 2.28. The van der Waals surface area contributed by atoms with Crippen LogP contribution in [0.2, 0.25) is 0 Å². The van der Waals surface area contributed by atoms with Gasteiger partial charge in [0, 0.05) is 17.1 Å². The van der Waals surface area contributed by atoms with E-state index in [1.54, 1.807) is 0 Å². The third-order valence-corrected chi connectivity index (χ3v) is 3.44. The Kier molecular flexibility index (Phi) is 4.84. The van der Waals surface area contributed by atoms with E-state index in [1.165, 1.54) is 6.07 Å². The van der Waals surface area contributed by atoms with Crippen LogP contribution >= 0.6 is 15.9 Å². The van der Waals surface area contributed by atoms with E-state index in [9.17, 15) is 22.7 Å². The van der Waals surface area contributed by atoms with Crippen LogP contribution in [0.4, 0.5) is 23.2 Å². The summed E-state index contributed by atoms with van der Waals surface area (Å²) in [5, 5.41) is 12.3. The molecule has 0 aromatic heterocycles. The summed E-state index contributed by atoms with van der Waals surface area (Å²) < 4.78 is 53.5. The van der Waals surface area contributed by atoms with Crippen molar-refractivity contribution in [2.75, 3.05) is 11.9 Å². The molecule has 0 saturated carbocycles. The Morgan fingerprint density at radius 1 is 1.05 bits per heavy atom. The maximum absolute atomic E-state index is 13.6. The number of aliphatic hydroxyl groups excluding tert-OH is 1. The standard InChI is InChI=1S/C14H10BrF4NO/c15-8-4-7(16)5-11(19)14(8)20-6-12(21)13-9(17)2-1-3-10(13)18/h1-5,12,20-21H,6H2. The quantitative estimate of drug-likeness (QED) is 0.799. The Labute approximate surface area is 126 Å². The molecule has 0 saturated heterocycles. The number of hydrogen-bond acceptors (Lipinski definition) is 2. The fourth-order valence-electron chi connectivity index (χ4n) is 1.84. The van der Waals surface area contributed by atoms with Gasteiger partial charge in [-0.25, -0.2) is 17.6 Å². The number of nitrogens with one attached hydrogen (secondary N) is 1. The van der Waals surface area contributed by atoms with Crippen molar-refractivity contribution in [2.24, 2.45) is 0 Å².